The zero-order valence-electron chi connectivity index (χ0n) is 15.6. The van der Waals surface area contributed by atoms with E-state index >= 15 is 0 Å². The van der Waals surface area contributed by atoms with Crippen molar-refractivity contribution in [2.24, 2.45) is 4.99 Å². The first-order chi connectivity index (χ1) is 12.1. The first-order valence-electron chi connectivity index (χ1n) is 8.61. The maximum atomic E-state index is 12.9. The molecule has 2 rings (SSSR count). The van der Waals surface area contributed by atoms with Crippen LogP contribution in [0.15, 0.2) is 53.5 Å². The number of anilines is 1. The largest absolute Gasteiger partial charge is 0.378 e. The molecular formula is C20H28FIN4. The van der Waals surface area contributed by atoms with Crippen molar-refractivity contribution in [3.8, 4) is 0 Å². The molecule has 0 fully saturated rings. The molecule has 0 heterocycles. The normalized spacial score (nSPS) is 10.8. The lowest BCUT2D eigenvalue weighted by Gasteiger charge is -2.13. The van der Waals surface area contributed by atoms with Crippen molar-refractivity contribution in [3.05, 3.63) is 65.5 Å². The number of aliphatic imine (C=N–C) groups is 1. The third kappa shape index (κ3) is 7.59. The van der Waals surface area contributed by atoms with Crippen molar-refractivity contribution in [1.29, 1.82) is 0 Å². The summed E-state index contributed by atoms with van der Waals surface area (Å²) in [6.45, 7) is 4.22. The lowest BCUT2D eigenvalue weighted by Crippen LogP contribution is -2.38. The van der Waals surface area contributed by atoms with Gasteiger partial charge in [-0.25, -0.2) is 9.38 Å². The summed E-state index contributed by atoms with van der Waals surface area (Å²) in [7, 11) is 4.06. The number of guanidine groups is 1. The smallest absolute Gasteiger partial charge is 0.191 e. The fourth-order valence-corrected chi connectivity index (χ4v) is 2.39. The Balaban J connectivity index is 0.00000338. The van der Waals surface area contributed by atoms with E-state index in [2.05, 4.69) is 44.8 Å². The van der Waals surface area contributed by atoms with Gasteiger partial charge in [-0.2, -0.15) is 0 Å². The number of halogens is 2. The Morgan fingerprint density at radius 3 is 2.15 bits per heavy atom. The number of benzene rings is 2. The summed E-state index contributed by atoms with van der Waals surface area (Å²) < 4.78 is 12.9. The van der Waals surface area contributed by atoms with E-state index in [1.54, 1.807) is 0 Å². The van der Waals surface area contributed by atoms with Crippen LogP contribution in [0.1, 0.15) is 18.1 Å². The van der Waals surface area contributed by atoms with Gasteiger partial charge in [-0.3, -0.25) is 0 Å². The molecule has 0 saturated heterocycles. The quantitative estimate of drug-likeness (QED) is 0.368. The second-order valence-corrected chi connectivity index (χ2v) is 6.06. The standard InChI is InChI=1S/C20H27FN4.HI/c1-4-22-20(23-14-13-16-5-9-18(21)10-6-16)24-15-17-7-11-19(12-8-17)25(2)3;/h5-12H,4,13-15H2,1-3H3,(H2,22,23,24);1H. The summed E-state index contributed by atoms with van der Waals surface area (Å²) in [5, 5.41) is 6.57. The first-order valence-corrected chi connectivity index (χ1v) is 8.61. The van der Waals surface area contributed by atoms with Crippen LogP contribution in [0.3, 0.4) is 0 Å². The predicted octanol–water partition coefficient (Wildman–Crippen LogP) is 3.81. The summed E-state index contributed by atoms with van der Waals surface area (Å²) in [5.41, 5.74) is 3.45. The highest BCUT2D eigenvalue weighted by Crippen LogP contribution is 2.12. The Hall–Kier alpha value is -1.83. The number of rotatable bonds is 7. The van der Waals surface area contributed by atoms with E-state index in [0.717, 1.165) is 31.0 Å². The van der Waals surface area contributed by atoms with E-state index in [9.17, 15) is 4.39 Å². The summed E-state index contributed by atoms with van der Waals surface area (Å²) in [6, 6.07) is 15.0. The minimum Gasteiger partial charge on any atom is -0.378 e. The Morgan fingerprint density at radius 2 is 1.58 bits per heavy atom. The minimum atomic E-state index is -0.202. The maximum absolute atomic E-state index is 12.9. The third-order valence-corrected chi connectivity index (χ3v) is 3.84. The average Bonchev–Trinajstić information content (AvgIpc) is 2.61. The van der Waals surface area contributed by atoms with Crippen molar-refractivity contribution in [2.75, 3.05) is 32.1 Å². The number of hydrogen-bond acceptors (Lipinski definition) is 2. The van der Waals surface area contributed by atoms with Crippen molar-refractivity contribution in [1.82, 2.24) is 10.6 Å². The summed E-state index contributed by atoms with van der Waals surface area (Å²) >= 11 is 0. The highest BCUT2D eigenvalue weighted by atomic mass is 127. The van der Waals surface area contributed by atoms with Crippen LogP contribution in [0.5, 0.6) is 0 Å². The predicted molar refractivity (Wildman–Crippen MR) is 119 cm³/mol. The lowest BCUT2D eigenvalue weighted by atomic mass is 10.1. The molecule has 0 amide bonds. The SMILES string of the molecule is CCNC(=NCc1ccc(N(C)C)cc1)NCCc1ccc(F)cc1.I. The Morgan fingerprint density at radius 1 is 0.962 bits per heavy atom. The van der Waals surface area contributed by atoms with Crippen molar-refractivity contribution in [2.45, 2.75) is 19.9 Å². The molecule has 2 aromatic rings. The monoisotopic (exact) mass is 470 g/mol. The van der Waals surface area contributed by atoms with Crippen molar-refractivity contribution < 1.29 is 4.39 Å². The van der Waals surface area contributed by atoms with E-state index in [4.69, 9.17) is 0 Å². The Labute approximate surface area is 172 Å². The Kier molecular flexibility index (Phi) is 10.0. The van der Waals surface area contributed by atoms with Gasteiger partial charge in [0.25, 0.3) is 0 Å². The molecule has 2 aromatic carbocycles. The van der Waals surface area contributed by atoms with Crippen molar-refractivity contribution in [3.63, 3.8) is 0 Å². The molecule has 0 aromatic heterocycles. The second kappa shape index (κ2) is 11.7. The molecule has 0 aliphatic rings. The van der Waals surface area contributed by atoms with E-state index in [1.165, 1.54) is 23.4 Å². The van der Waals surface area contributed by atoms with Crippen LogP contribution in [0, 0.1) is 5.82 Å². The second-order valence-electron chi connectivity index (χ2n) is 6.06. The molecule has 26 heavy (non-hydrogen) atoms. The number of hydrogen-bond donors (Lipinski definition) is 2. The molecule has 142 valence electrons. The van der Waals surface area contributed by atoms with E-state index < -0.39 is 0 Å². The minimum absolute atomic E-state index is 0. The number of nitrogens with zero attached hydrogens (tertiary/aromatic N) is 2. The molecule has 0 atom stereocenters. The van der Waals surface area contributed by atoms with Crippen LogP contribution in [0.2, 0.25) is 0 Å². The molecule has 0 unspecified atom stereocenters. The van der Waals surface area contributed by atoms with Gasteiger partial charge in [-0.15, -0.1) is 24.0 Å². The molecule has 0 spiro atoms. The molecule has 0 aliphatic heterocycles. The third-order valence-electron chi connectivity index (χ3n) is 3.84. The molecule has 0 bridgehead atoms. The van der Waals surface area contributed by atoms with E-state index in [-0.39, 0.29) is 29.8 Å². The first kappa shape index (κ1) is 22.2. The molecule has 6 heteroatoms. The summed E-state index contributed by atoms with van der Waals surface area (Å²) in [5.74, 6) is 0.591. The van der Waals surface area contributed by atoms with Crippen molar-refractivity contribution >= 4 is 35.6 Å². The van der Waals surface area contributed by atoms with Gasteiger partial charge in [0.15, 0.2) is 5.96 Å². The molecule has 4 nitrogen and oxygen atoms in total. The van der Waals surface area contributed by atoms with Gasteiger partial charge < -0.3 is 15.5 Å². The summed E-state index contributed by atoms with van der Waals surface area (Å²) in [6.07, 6.45) is 0.822. The highest BCUT2D eigenvalue weighted by molar-refractivity contribution is 14.0. The van der Waals surface area contributed by atoms with Crippen LogP contribution in [-0.4, -0.2) is 33.1 Å². The fraction of sp³-hybridized carbons (Fsp3) is 0.350. The topological polar surface area (TPSA) is 39.7 Å². The Bertz CT molecular complexity index is 669. The van der Waals surface area contributed by atoms with Gasteiger partial charge in [0.05, 0.1) is 6.54 Å². The molecule has 0 saturated carbocycles. The zero-order valence-corrected chi connectivity index (χ0v) is 18.0. The average molecular weight is 470 g/mol. The molecular weight excluding hydrogens is 442 g/mol. The van der Waals surface area contributed by atoms with E-state index in [1.807, 2.05) is 33.2 Å². The lowest BCUT2D eigenvalue weighted by molar-refractivity contribution is 0.626. The van der Waals surface area contributed by atoms with Gasteiger partial charge in [-0.1, -0.05) is 24.3 Å². The van der Waals surface area contributed by atoms with Crippen LogP contribution >= 0.6 is 24.0 Å². The van der Waals surface area contributed by atoms with E-state index in [0.29, 0.717) is 6.54 Å². The van der Waals surface area contributed by atoms with Crippen LogP contribution in [-0.2, 0) is 13.0 Å². The molecule has 0 radical (unpaired) electrons. The molecule has 2 N–H and O–H groups in total. The molecule has 0 aliphatic carbocycles. The van der Waals surface area contributed by atoms with Crippen LogP contribution in [0.25, 0.3) is 0 Å². The van der Waals surface area contributed by atoms with Gasteiger partial charge in [0.2, 0.25) is 0 Å². The van der Waals surface area contributed by atoms with Gasteiger partial charge >= 0.3 is 0 Å². The summed E-state index contributed by atoms with van der Waals surface area (Å²) in [4.78, 5) is 6.70. The van der Waals surface area contributed by atoms with Gasteiger partial charge in [0, 0.05) is 32.9 Å². The highest BCUT2D eigenvalue weighted by Gasteiger charge is 2.00. The maximum Gasteiger partial charge on any atom is 0.191 e. The van der Waals surface area contributed by atoms with Crippen LogP contribution in [0.4, 0.5) is 10.1 Å². The van der Waals surface area contributed by atoms with Gasteiger partial charge in [0.1, 0.15) is 5.82 Å². The number of nitrogens with one attached hydrogen (secondary N) is 2. The zero-order chi connectivity index (χ0) is 18.1. The fourth-order valence-electron chi connectivity index (χ4n) is 2.39. The van der Waals surface area contributed by atoms with Crippen LogP contribution < -0.4 is 15.5 Å². The van der Waals surface area contributed by atoms with Gasteiger partial charge in [-0.05, 0) is 48.7 Å².